The molecule has 1 aliphatic carbocycles. The lowest BCUT2D eigenvalue weighted by Gasteiger charge is -2.36. The van der Waals surface area contributed by atoms with Gasteiger partial charge < -0.3 is 16.2 Å². The number of hydrogen-bond acceptors (Lipinski definition) is 3. The van der Waals surface area contributed by atoms with E-state index in [2.05, 4.69) is 5.32 Å². The number of carbonyl (C=O) groups excluding carboxylic acids is 1. The van der Waals surface area contributed by atoms with Crippen LogP contribution in [0.1, 0.15) is 52.4 Å². The summed E-state index contributed by atoms with van der Waals surface area (Å²) in [7, 11) is 0. The van der Waals surface area contributed by atoms with Crippen molar-refractivity contribution in [1.82, 2.24) is 5.32 Å². The molecule has 0 aromatic heterocycles. The van der Waals surface area contributed by atoms with E-state index in [9.17, 15) is 4.79 Å². The van der Waals surface area contributed by atoms with Gasteiger partial charge in [-0.25, -0.2) is 0 Å². The highest BCUT2D eigenvalue weighted by atomic mass is 16.3. The van der Waals surface area contributed by atoms with E-state index in [1.165, 1.54) is 19.3 Å². The standard InChI is InChI=1S/C13H26N2O2/c1-12(2,10-16)15-11(17)8-13(9-14)6-4-3-5-7-13/h16H,3-10,14H2,1-2H3,(H,15,17). The molecule has 4 heteroatoms. The quantitative estimate of drug-likeness (QED) is 0.677. The minimum Gasteiger partial charge on any atom is -0.394 e. The third kappa shape index (κ3) is 4.28. The third-order valence-electron chi connectivity index (χ3n) is 3.76. The van der Waals surface area contributed by atoms with Crippen LogP contribution in [-0.4, -0.2) is 29.7 Å². The summed E-state index contributed by atoms with van der Waals surface area (Å²) in [5.41, 5.74) is 5.31. The van der Waals surface area contributed by atoms with Gasteiger partial charge in [0.25, 0.3) is 0 Å². The molecule has 0 spiro atoms. The van der Waals surface area contributed by atoms with Crippen molar-refractivity contribution in [2.24, 2.45) is 11.1 Å². The first kappa shape index (κ1) is 14.5. The largest absolute Gasteiger partial charge is 0.394 e. The van der Waals surface area contributed by atoms with Gasteiger partial charge in [-0.1, -0.05) is 19.3 Å². The molecule has 0 saturated heterocycles. The van der Waals surface area contributed by atoms with Gasteiger partial charge in [0.05, 0.1) is 12.1 Å². The molecule has 0 atom stereocenters. The fourth-order valence-electron chi connectivity index (χ4n) is 2.56. The second-order valence-electron chi connectivity index (χ2n) is 6.03. The maximum absolute atomic E-state index is 12.0. The van der Waals surface area contributed by atoms with Gasteiger partial charge in [-0.3, -0.25) is 4.79 Å². The zero-order valence-corrected chi connectivity index (χ0v) is 11.1. The average Bonchev–Trinajstić information content (AvgIpc) is 2.29. The zero-order chi connectivity index (χ0) is 12.9. The molecule has 0 aromatic rings. The molecule has 0 aliphatic heterocycles. The number of carbonyl (C=O) groups is 1. The fourth-order valence-corrected chi connectivity index (χ4v) is 2.56. The highest BCUT2D eigenvalue weighted by molar-refractivity contribution is 5.77. The van der Waals surface area contributed by atoms with Gasteiger partial charge in [-0.2, -0.15) is 0 Å². The fraction of sp³-hybridized carbons (Fsp3) is 0.923. The van der Waals surface area contributed by atoms with Crippen molar-refractivity contribution in [2.45, 2.75) is 57.9 Å². The van der Waals surface area contributed by atoms with E-state index in [1.807, 2.05) is 13.8 Å². The zero-order valence-electron chi connectivity index (χ0n) is 11.1. The van der Waals surface area contributed by atoms with Crippen LogP contribution in [0.15, 0.2) is 0 Å². The Morgan fingerprint density at radius 2 is 1.94 bits per heavy atom. The summed E-state index contributed by atoms with van der Waals surface area (Å²) in [5.74, 6) is 0.0106. The van der Waals surface area contributed by atoms with Gasteiger partial charge in [0.1, 0.15) is 0 Å². The number of amides is 1. The maximum atomic E-state index is 12.0. The van der Waals surface area contributed by atoms with E-state index in [0.29, 0.717) is 13.0 Å². The molecule has 0 radical (unpaired) electrons. The van der Waals surface area contributed by atoms with Crippen LogP contribution >= 0.6 is 0 Å². The summed E-state index contributed by atoms with van der Waals surface area (Å²) in [6.07, 6.45) is 6.20. The van der Waals surface area contributed by atoms with Crippen molar-refractivity contribution >= 4 is 5.91 Å². The summed E-state index contributed by atoms with van der Waals surface area (Å²) in [4.78, 5) is 12.0. The second kappa shape index (κ2) is 5.83. The van der Waals surface area contributed by atoms with Crippen molar-refractivity contribution in [3.63, 3.8) is 0 Å². The van der Waals surface area contributed by atoms with Gasteiger partial charge in [0, 0.05) is 6.42 Å². The smallest absolute Gasteiger partial charge is 0.221 e. The first-order chi connectivity index (χ1) is 7.93. The van der Waals surface area contributed by atoms with Gasteiger partial charge in [0.2, 0.25) is 5.91 Å². The lowest BCUT2D eigenvalue weighted by atomic mass is 9.71. The van der Waals surface area contributed by atoms with Crippen LogP contribution in [0.4, 0.5) is 0 Å². The Morgan fingerprint density at radius 3 is 2.41 bits per heavy atom. The molecule has 100 valence electrons. The summed E-state index contributed by atoms with van der Waals surface area (Å²) in [6, 6.07) is 0. The molecule has 1 saturated carbocycles. The van der Waals surface area contributed by atoms with Crippen LogP contribution in [0.3, 0.4) is 0 Å². The molecule has 1 fully saturated rings. The van der Waals surface area contributed by atoms with Crippen LogP contribution in [0.5, 0.6) is 0 Å². The minimum atomic E-state index is -0.540. The first-order valence-electron chi connectivity index (χ1n) is 6.55. The van der Waals surface area contributed by atoms with E-state index in [-0.39, 0.29) is 17.9 Å². The van der Waals surface area contributed by atoms with Crippen LogP contribution in [0, 0.1) is 5.41 Å². The Bertz CT molecular complexity index is 258. The van der Waals surface area contributed by atoms with Crippen molar-refractivity contribution in [1.29, 1.82) is 0 Å². The molecular weight excluding hydrogens is 216 g/mol. The molecule has 1 aliphatic rings. The molecule has 0 bridgehead atoms. The highest BCUT2D eigenvalue weighted by Gasteiger charge is 2.34. The number of hydrogen-bond donors (Lipinski definition) is 3. The third-order valence-corrected chi connectivity index (χ3v) is 3.76. The predicted molar refractivity (Wildman–Crippen MR) is 68.5 cm³/mol. The Balaban J connectivity index is 2.53. The molecule has 17 heavy (non-hydrogen) atoms. The van der Waals surface area contributed by atoms with Gasteiger partial charge in [-0.05, 0) is 38.6 Å². The highest BCUT2D eigenvalue weighted by Crippen LogP contribution is 2.38. The predicted octanol–water partition coefficient (Wildman–Crippen LogP) is 1.17. The molecule has 0 heterocycles. The van der Waals surface area contributed by atoms with Crippen LogP contribution in [-0.2, 0) is 4.79 Å². The van der Waals surface area contributed by atoms with Crippen LogP contribution < -0.4 is 11.1 Å². The topological polar surface area (TPSA) is 75.3 Å². The molecule has 1 amide bonds. The van der Waals surface area contributed by atoms with E-state index in [1.54, 1.807) is 0 Å². The lowest BCUT2D eigenvalue weighted by Crippen LogP contribution is -2.48. The average molecular weight is 242 g/mol. The lowest BCUT2D eigenvalue weighted by molar-refractivity contribution is -0.126. The monoisotopic (exact) mass is 242 g/mol. The van der Waals surface area contributed by atoms with Gasteiger partial charge in [0.15, 0.2) is 0 Å². The molecule has 0 unspecified atom stereocenters. The number of rotatable bonds is 5. The maximum Gasteiger partial charge on any atom is 0.221 e. The van der Waals surface area contributed by atoms with Crippen LogP contribution in [0.25, 0.3) is 0 Å². The Morgan fingerprint density at radius 1 is 1.35 bits per heavy atom. The number of nitrogens with two attached hydrogens (primary N) is 1. The molecule has 1 rings (SSSR count). The van der Waals surface area contributed by atoms with Crippen molar-refractivity contribution in [3.8, 4) is 0 Å². The SMILES string of the molecule is CC(C)(CO)NC(=O)CC1(CN)CCCCC1. The normalized spacial score (nSPS) is 20.0. The summed E-state index contributed by atoms with van der Waals surface area (Å²) >= 11 is 0. The van der Waals surface area contributed by atoms with Gasteiger partial charge >= 0.3 is 0 Å². The summed E-state index contributed by atoms with van der Waals surface area (Å²) < 4.78 is 0. The molecule has 4 nitrogen and oxygen atoms in total. The van der Waals surface area contributed by atoms with Crippen molar-refractivity contribution < 1.29 is 9.90 Å². The van der Waals surface area contributed by atoms with Gasteiger partial charge in [-0.15, -0.1) is 0 Å². The van der Waals surface area contributed by atoms with Crippen molar-refractivity contribution in [3.05, 3.63) is 0 Å². The Hall–Kier alpha value is -0.610. The van der Waals surface area contributed by atoms with E-state index < -0.39 is 5.54 Å². The van der Waals surface area contributed by atoms with Crippen LogP contribution in [0.2, 0.25) is 0 Å². The molecular formula is C13H26N2O2. The minimum absolute atomic E-state index is 0.00608. The van der Waals surface area contributed by atoms with Crippen molar-refractivity contribution in [2.75, 3.05) is 13.2 Å². The summed E-state index contributed by atoms with van der Waals surface area (Å²) in [6.45, 7) is 4.18. The summed E-state index contributed by atoms with van der Waals surface area (Å²) in [5, 5.41) is 12.0. The number of nitrogens with one attached hydrogen (secondary N) is 1. The number of aliphatic hydroxyl groups excluding tert-OH is 1. The molecule has 0 aromatic carbocycles. The molecule has 4 N–H and O–H groups in total. The van der Waals surface area contributed by atoms with E-state index in [0.717, 1.165) is 12.8 Å². The van der Waals surface area contributed by atoms with E-state index >= 15 is 0 Å². The first-order valence-corrected chi connectivity index (χ1v) is 6.55. The Kier molecular flexibility index (Phi) is 4.95. The second-order valence-corrected chi connectivity index (χ2v) is 6.03. The Labute approximate surface area is 104 Å². The van der Waals surface area contributed by atoms with E-state index in [4.69, 9.17) is 10.8 Å². The number of aliphatic hydroxyl groups is 1.